The largest absolute Gasteiger partial charge is 0.356 e. The van der Waals surface area contributed by atoms with E-state index in [9.17, 15) is 9.59 Å². The number of hydrogen-bond acceptors (Lipinski definition) is 4. The Morgan fingerprint density at radius 2 is 1.58 bits per heavy atom. The van der Waals surface area contributed by atoms with Gasteiger partial charge in [0.05, 0.1) is 0 Å². The lowest BCUT2D eigenvalue weighted by Crippen LogP contribution is -2.46. The van der Waals surface area contributed by atoms with Crippen molar-refractivity contribution in [2.75, 3.05) is 52.4 Å². The molecule has 3 fully saturated rings. The number of nitrogens with zero attached hydrogens (tertiary/aromatic N) is 2. The predicted molar refractivity (Wildman–Crippen MR) is 105 cm³/mol. The van der Waals surface area contributed by atoms with Crippen molar-refractivity contribution in [3.8, 4) is 0 Å². The average Bonchev–Trinajstić information content (AvgIpc) is 3.20. The molecular weight excluding hydrogens is 352 g/mol. The molecule has 2 unspecified atom stereocenters. The lowest BCUT2D eigenvalue weighted by atomic mass is 9.78. The quantitative estimate of drug-likeness (QED) is 0.674. The van der Waals surface area contributed by atoms with Gasteiger partial charge in [0.1, 0.15) is 0 Å². The minimum Gasteiger partial charge on any atom is -0.356 e. The van der Waals surface area contributed by atoms with Gasteiger partial charge in [-0.2, -0.15) is 0 Å². The summed E-state index contributed by atoms with van der Waals surface area (Å²) in [6.45, 7) is 7.87. The molecule has 6 nitrogen and oxygen atoms in total. The summed E-state index contributed by atoms with van der Waals surface area (Å²) in [5.41, 5.74) is 0. The highest BCUT2D eigenvalue weighted by Gasteiger charge is 2.38. The van der Waals surface area contributed by atoms with Crippen molar-refractivity contribution in [1.82, 2.24) is 20.4 Å². The van der Waals surface area contributed by atoms with Crippen LogP contribution in [0.1, 0.15) is 44.9 Å². The molecule has 2 amide bonds. The number of carbonyl (C=O) groups excluding carboxylic acids is 2. The van der Waals surface area contributed by atoms with E-state index in [1.807, 2.05) is 4.90 Å². The number of likely N-dealkylation sites (tertiary alicyclic amines) is 1. The van der Waals surface area contributed by atoms with Crippen LogP contribution in [0, 0.1) is 11.8 Å². The van der Waals surface area contributed by atoms with Crippen LogP contribution in [0.4, 0.5) is 0 Å². The van der Waals surface area contributed by atoms with Gasteiger partial charge in [-0.25, -0.2) is 0 Å². The summed E-state index contributed by atoms with van der Waals surface area (Å²) in [6, 6.07) is 0. The third kappa shape index (κ3) is 5.83. The Morgan fingerprint density at radius 3 is 2.27 bits per heavy atom. The van der Waals surface area contributed by atoms with E-state index >= 15 is 0 Å². The molecule has 26 heavy (non-hydrogen) atoms. The maximum atomic E-state index is 12.8. The maximum Gasteiger partial charge on any atom is 0.226 e. The molecule has 7 heteroatoms. The molecule has 0 aromatic carbocycles. The smallest absolute Gasteiger partial charge is 0.226 e. The zero-order chi connectivity index (χ0) is 17.5. The SMILES string of the molecule is Cl.O=C(NCCCN1CCNCC1)C1CCCCC1C(=O)N1CCCC1. The van der Waals surface area contributed by atoms with Gasteiger partial charge < -0.3 is 20.4 Å². The van der Waals surface area contributed by atoms with E-state index in [0.717, 1.165) is 97.3 Å². The lowest BCUT2D eigenvalue weighted by molar-refractivity contribution is -0.142. The van der Waals surface area contributed by atoms with Gasteiger partial charge in [-0.15, -0.1) is 12.4 Å². The summed E-state index contributed by atoms with van der Waals surface area (Å²) < 4.78 is 0. The summed E-state index contributed by atoms with van der Waals surface area (Å²) in [6.07, 6.45) is 7.12. The van der Waals surface area contributed by atoms with Crippen LogP contribution in [-0.2, 0) is 9.59 Å². The summed E-state index contributed by atoms with van der Waals surface area (Å²) in [4.78, 5) is 29.9. The molecule has 0 aromatic heterocycles. The van der Waals surface area contributed by atoms with Crippen LogP contribution in [-0.4, -0.2) is 74.0 Å². The average molecular weight is 387 g/mol. The number of rotatable bonds is 6. The van der Waals surface area contributed by atoms with Crippen molar-refractivity contribution in [3.63, 3.8) is 0 Å². The van der Waals surface area contributed by atoms with E-state index in [2.05, 4.69) is 15.5 Å². The third-order valence-corrected chi connectivity index (χ3v) is 6.00. The van der Waals surface area contributed by atoms with Gasteiger partial charge in [0.15, 0.2) is 0 Å². The van der Waals surface area contributed by atoms with E-state index in [4.69, 9.17) is 0 Å². The van der Waals surface area contributed by atoms with Crippen LogP contribution in [0.25, 0.3) is 0 Å². The fourth-order valence-electron chi connectivity index (χ4n) is 4.49. The number of amides is 2. The molecule has 2 saturated heterocycles. The molecule has 2 atom stereocenters. The molecule has 2 N–H and O–H groups in total. The van der Waals surface area contributed by atoms with E-state index in [0.29, 0.717) is 0 Å². The third-order valence-electron chi connectivity index (χ3n) is 6.00. The van der Waals surface area contributed by atoms with Crippen LogP contribution < -0.4 is 10.6 Å². The first-order valence-electron chi connectivity index (χ1n) is 10.3. The van der Waals surface area contributed by atoms with Gasteiger partial charge in [-0.3, -0.25) is 9.59 Å². The molecule has 2 aliphatic heterocycles. The highest BCUT2D eigenvalue weighted by atomic mass is 35.5. The predicted octanol–water partition coefficient (Wildman–Crippen LogP) is 1.25. The summed E-state index contributed by atoms with van der Waals surface area (Å²) >= 11 is 0. The van der Waals surface area contributed by atoms with Crippen LogP contribution in [0.2, 0.25) is 0 Å². The number of hydrogen-bond donors (Lipinski definition) is 2. The fourth-order valence-corrected chi connectivity index (χ4v) is 4.49. The molecule has 0 spiro atoms. The Hall–Kier alpha value is -0.850. The molecule has 0 radical (unpaired) electrons. The van der Waals surface area contributed by atoms with Gasteiger partial charge in [-0.05, 0) is 38.6 Å². The monoisotopic (exact) mass is 386 g/mol. The van der Waals surface area contributed by atoms with Crippen molar-refractivity contribution in [2.45, 2.75) is 44.9 Å². The molecule has 1 saturated carbocycles. The van der Waals surface area contributed by atoms with Gasteiger partial charge in [0.25, 0.3) is 0 Å². The highest BCUT2D eigenvalue weighted by molar-refractivity contribution is 5.88. The van der Waals surface area contributed by atoms with Gasteiger partial charge in [0, 0.05) is 57.6 Å². The van der Waals surface area contributed by atoms with E-state index in [1.54, 1.807) is 0 Å². The van der Waals surface area contributed by atoms with Crippen LogP contribution in [0.5, 0.6) is 0 Å². The number of nitrogens with one attached hydrogen (secondary N) is 2. The van der Waals surface area contributed by atoms with E-state index in [-0.39, 0.29) is 36.1 Å². The number of halogens is 1. The lowest BCUT2D eigenvalue weighted by Gasteiger charge is -2.32. The summed E-state index contributed by atoms with van der Waals surface area (Å²) in [5.74, 6) is 0.150. The zero-order valence-electron chi connectivity index (χ0n) is 15.9. The van der Waals surface area contributed by atoms with Crippen LogP contribution in [0.15, 0.2) is 0 Å². The Balaban J connectivity index is 0.00000243. The van der Waals surface area contributed by atoms with Gasteiger partial charge in [0.2, 0.25) is 11.8 Å². The Bertz CT molecular complexity index is 451. The van der Waals surface area contributed by atoms with Gasteiger partial charge >= 0.3 is 0 Å². The first-order valence-corrected chi connectivity index (χ1v) is 10.3. The number of carbonyl (C=O) groups is 2. The topological polar surface area (TPSA) is 64.7 Å². The minimum atomic E-state index is -0.110. The molecule has 3 rings (SSSR count). The van der Waals surface area contributed by atoms with Crippen molar-refractivity contribution < 1.29 is 9.59 Å². The molecule has 0 aromatic rings. The van der Waals surface area contributed by atoms with Crippen molar-refractivity contribution in [3.05, 3.63) is 0 Å². The zero-order valence-corrected chi connectivity index (χ0v) is 16.7. The van der Waals surface area contributed by atoms with E-state index in [1.165, 1.54) is 0 Å². The van der Waals surface area contributed by atoms with Crippen molar-refractivity contribution in [1.29, 1.82) is 0 Å². The van der Waals surface area contributed by atoms with Crippen LogP contribution >= 0.6 is 12.4 Å². The second kappa shape index (κ2) is 11.1. The minimum absolute atomic E-state index is 0. The van der Waals surface area contributed by atoms with Gasteiger partial charge in [-0.1, -0.05) is 12.8 Å². The first kappa shape index (κ1) is 21.5. The Morgan fingerprint density at radius 1 is 0.923 bits per heavy atom. The van der Waals surface area contributed by atoms with Crippen molar-refractivity contribution >= 4 is 24.2 Å². The van der Waals surface area contributed by atoms with Crippen molar-refractivity contribution in [2.24, 2.45) is 11.8 Å². The second-order valence-corrected chi connectivity index (χ2v) is 7.77. The molecule has 3 aliphatic rings. The maximum absolute atomic E-state index is 12.8. The molecular formula is C19H35ClN4O2. The molecule has 0 bridgehead atoms. The Labute approximate surface area is 163 Å². The standard InChI is InChI=1S/C19H34N4O2.ClH/c24-18(21-8-5-11-22-14-9-20-10-15-22)16-6-1-2-7-17(16)19(25)23-12-3-4-13-23;/h16-17,20H,1-15H2,(H,21,24);1H. The highest BCUT2D eigenvalue weighted by Crippen LogP contribution is 2.32. The normalized spacial score (nSPS) is 27.0. The summed E-state index contributed by atoms with van der Waals surface area (Å²) in [5, 5.41) is 6.47. The number of piperazine rings is 1. The molecule has 2 heterocycles. The summed E-state index contributed by atoms with van der Waals surface area (Å²) in [7, 11) is 0. The fraction of sp³-hybridized carbons (Fsp3) is 0.895. The molecule has 1 aliphatic carbocycles. The van der Waals surface area contributed by atoms with Crippen LogP contribution in [0.3, 0.4) is 0 Å². The Kier molecular flexibility index (Phi) is 9.16. The first-order chi connectivity index (χ1) is 12.3. The second-order valence-electron chi connectivity index (χ2n) is 7.77. The van der Waals surface area contributed by atoms with E-state index < -0.39 is 0 Å². The molecule has 150 valence electrons.